The van der Waals surface area contributed by atoms with Crippen molar-refractivity contribution in [1.82, 2.24) is 0 Å². The van der Waals surface area contributed by atoms with Crippen LogP contribution in [-0.4, -0.2) is 20.9 Å². The second kappa shape index (κ2) is 9.12. The van der Waals surface area contributed by atoms with Gasteiger partial charge in [0, 0.05) is 10.7 Å². The first-order valence-electron chi connectivity index (χ1n) is 9.80. The van der Waals surface area contributed by atoms with Gasteiger partial charge in [0.15, 0.2) is 0 Å². The van der Waals surface area contributed by atoms with Crippen molar-refractivity contribution in [3.05, 3.63) is 87.9 Å². The predicted molar refractivity (Wildman–Crippen MR) is 126 cm³/mol. The van der Waals surface area contributed by atoms with E-state index in [4.69, 9.17) is 11.6 Å². The molecule has 0 bridgehead atoms. The highest BCUT2D eigenvalue weighted by Crippen LogP contribution is 2.27. The molecule has 0 aliphatic heterocycles. The van der Waals surface area contributed by atoms with Crippen LogP contribution in [0.1, 0.15) is 22.3 Å². The molecular weight excluding hydrogens is 432 g/mol. The molecule has 0 atom stereocenters. The molecule has 1 N–H and O–H groups in total. The summed E-state index contributed by atoms with van der Waals surface area (Å²) in [6.45, 7) is 7.43. The average molecular weight is 457 g/mol. The van der Waals surface area contributed by atoms with Gasteiger partial charge in [-0.25, -0.2) is 8.42 Å². The normalized spacial score (nSPS) is 11.3. The van der Waals surface area contributed by atoms with E-state index in [-0.39, 0.29) is 11.4 Å². The summed E-state index contributed by atoms with van der Waals surface area (Å²) in [5.41, 5.74) is 5.17. The minimum atomic E-state index is -3.99. The summed E-state index contributed by atoms with van der Waals surface area (Å²) in [7, 11) is -3.99. The number of carbonyl (C=O) groups excluding carboxylic acids is 1. The van der Waals surface area contributed by atoms with Gasteiger partial charge < -0.3 is 5.32 Å². The van der Waals surface area contributed by atoms with Crippen LogP contribution in [-0.2, 0) is 14.8 Å². The highest BCUT2D eigenvalue weighted by atomic mass is 35.5. The first-order chi connectivity index (χ1) is 14.6. The van der Waals surface area contributed by atoms with Gasteiger partial charge in [0.25, 0.3) is 10.0 Å². The van der Waals surface area contributed by atoms with Gasteiger partial charge in [0.2, 0.25) is 5.91 Å². The maximum atomic E-state index is 13.4. The molecule has 0 fully saturated rings. The first kappa shape index (κ1) is 22.8. The fourth-order valence-electron chi connectivity index (χ4n) is 3.08. The molecule has 0 heterocycles. The lowest BCUT2D eigenvalue weighted by atomic mass is 10.1. The minimum absolute atomic E-state index is 0.0640. The molecule has 3 aromatic rings. The van der Waals surface area contributed by atoms with Crippen LogP contribution in [0, 0.1) is 27.7 Å². The quantitative estimate of drug-likeness (QED) is 0.539. The Kier molecular flexibility index (Phi) is 6.72. The number of aryl methyl sites for hydroxylation is 4. The first-order valence-corrected chi connectivity index (χ1v) is 11.6. The van der Waals surface area contributed by atoms with Crippen molar-refractivity contribution in [2.45, 2.75) is 32.6 Å². The Hall–Kier alpha value is -2.83. The minimum Gasteiger partial charge on any atom is -0.325 e. The SMILES string of the molecule is Cc1ccc(NC(=O)CN(c2ccc(C)c(C)c2)S(=O)(=O)c2ccc(Cl)cc2)cc1C. The Morgan fingerprint density at radius 3 is 2.00 bits per heavy atom. The van der Waals surface area contributed by atoms with Crippen molar-refractivity contribution in [2.75, 3.05) is 16.2 Å². The standard InChI is InChI=1S/C24H25ClN2O3S/c1-16-5-9-21(13-18(16)3)26-24(28)15-27(22-10-6-17(2)19(4)14-22)31(29,30)23-11-7-20(25)8-12-23/h5-14H,15H2,1-4H3,(H,26,28). The van der Waals surface area contributed by atoms with Crippen molar-refractivity contribution >= 4 is 38.9 Å². The van der Waals surface area contributed by atoms with E-state index in [9.17, 15) is 13.2 Å². The van der Waals surface area contributed by atoms with Crippen molar-refractivity contribution < 1.29 is 13.2 Å². The van der Waals surface area contributed by atoms with Gasteiger partial charge in [-0.2, -0.15) is 0 Å². The summed E-state index contributed by atoms with van der Waals surface area (Å²) in [5.74, 6) is -0.431. The summed E-state index contributed by atoms with van der Waals surface area (Å²) >= 11 is 5.92. The lowest BCUT2D eigenvalue weighted by Crippen LogP contribution is -2.38. The average Bonchev–Trinajstić information content (AvgIpc) is 2.71. The summed E-state index contributed by atoms with van der Waals surface area (Å²) in [5, 5.41) is 3.24. The number of hydrogen-bond donors (Lipinski definition) is 1. The van der Waals surface area contributed by atoms with E-state index in [0.717, 1.165) is 26.6 Å². The van der Waals surface area contributed by atoms with E-state index in [0.29, 0.717) is 16.4 Å². The molecule has 31 heavy (non-hydrogen) atoms. The van der Waals surface area contributed by atoms with Gasteiger partial charge in [-0.05, 0) is 98.5 Å². The Morgan fingerprint density at radius 2 is 1.42 bits per heavy atom. The molecule has 0 unspecified atom stereocenters. The van der Waals surface area contributed by atoms with Gasteiger partial charge >= 0.3 is 0 Å². The molecular formula is C24H25ClN2O3S. The third-order valence-corrected chi connectivity index (χ3v) is 7.30. The fourth-order valence-corrected chi connectivity index (χ4v) is 4.62. The number of rotatable bonds is 6. The summed E-state index contributed by atoms with van der Waals surface area (Å²) < 4.78 is 28.0. The number of sulfonamides is 1. The second-order valence-corrected chi connectivity index (χ2v) is 9.88. The number of hydrogen-bond acceptors (Lipinski definition) is 3. The molecule has 5 nitrogen and oxygen atoms in total. The van der Waals surface area contributed by atoms with E-state index < -0.39 is 15.9 Å². The molecule has 0 aliphatic carbocycles. The zero-order chi connectivity index (χ0) is 22.8. The van der Waals surface area contributed by atoms with Crippen LogP contribution in [0.15, 0.2) is 65.6 Å². The second-order valence-electron chi connectivity index (χ2n) is 7.58. The summed E-state index contributed by atoms with van der Waals surface area (Å²) in [6, 6.07) is 16.8. The smallest absolute Gasteiger partial charge is 0.264 e. The maximum absolute atomic E-state index is 13.4. The number of amides is 1. The van der Waals surface area contributed by atoms with Gasteiger partial charge in [-0.3, -0.25) is 9.10 Å². The fraction of sp³-hybridized carbons (Fsp3) is 0.208. The molecule has 1 amide bonds. The Bertz CT molecular complexity index is 1220. The molecule has 0 aromatic heterocycles. The van der Waals surface area contributed by atoms with E-state index in [1.165, 1.54) is 24.3 Å². The number of halogens is 1. The molecule has 0 radical (unpaired) electrons. The van der Waals surface area contributed by atoms with Crippen LogP contribution in [0.3, 0.4) is 0 Å². The molecule has 0 saturated carbocycles. The largest absolute Gasteiger partial charge is 0.325 e. The van der Waals surface area contributed by atoms with Crippen LogP contribution in [0.2, 0.25) is 5.02 Å². The molecule has 7 heteroatoms. The highest BCUT2D eigenvalue weighted by molar-refractivity contribution is 7.92. The van der Waals surface area contributed by atoms with Crippen LogP contribution >= 0.6 is 11.6 Å². The monoisotopic (exact) mass is 456 g/mol. The summed E-state index contributed by atoms with van der Waals surface area (Å²) in [4.78, 5) is 12.9. The number of anilines is 2. The zero-order valence-corrected chi connectivity index (χ0v) is 19.5. The maximum Gasteiger partial charge on any atom is 0.264 e. The zero-order valence-electron chi connectivity index (χ0n) is 17.9. The molecule has 162 valence electrons. The van der Waals surface area contributed by atoms with Crippen LogP contribution < -0.4 is 9.62 Å². The van der Waals surface area contributed by atoms with E-state index in [2.05, 4.69) is 5.32 Å². The van der Waals surface area contributed by atoms with E-state index >= 15 is 0 Å². The lowest BCUT2D eigenvalue weighted by molar-refractivity contribution is -0.114. The Morgan fingerprint density at radius 1 is 0.839 bits per heavy atom. The molecule has 3 rings (SSSR count). The molecule has 3 aromatic carbocycles. The molecule has 0 aliphatic rings. The summed E-state index contributed by atoms with van der Waals surface area (Å²) in [6.07, 6.45) is 0. The van der Waals surface area contributed by atoms with Gasteiger partial charge in [-0.1, -0.05) is 23.7 Å². The van der Waals surface area contributed by atoms with Gasteiger partial charge in [0.1, 0.15) is 6.54 Å². The Balaban J connectivity index is 1.97. The third-order valence-electron chi connectivity index (χ3n) is 5.26. The third kappa shape index (κ3) is 5.27. The number of nitrogens with zero attached hydrogens (tertiary/aromatic N) is 1. The highest BCUT2D eigenvalue weighted by Gasteiger charge is 2.27. The van der Waals surface area contributed by atoms with E-state index in [1.54, 1.807) is 18.2 Å². The number of benzene rings is 3. The number of nitrogens with one attached hydrogen (secondary N) is 1. The van der Waals surface area contributed by atoms with Crippen LogP contribution in [0.4, 0.5) is 11.4 Å². The topological polar surface area (TPSA) is 66.5 Å². The molecule has 0 spiro atoms. The van der Waals surface area contributed by atoms with Crippen molar-refractivity contribution in [3.8, 4) is 0 Å². The lowest BCUT2D eigenvalue weighted by Gasteiger charge is -2.25. The van der Waals surface area contributed by atoms with Gasteiger partial charge in [0.05, 0.1) is 10.6 Å². The number of carbonyl (C=O) groups is 1. The van der Waals surface area contributed by atoms with Crippen molar-refractivity contribution in [2.24, 2.45) is 0 Å². The Labute approximate surface area is 188 Å². The van der Waals surface area contributed by atoms with E-state index in [1.807, 2.05) is 45.9 Å². The van der Waals surface area contributed by atoms with Crippen LogP contribution in [0.5, 0.6) is 0 Å². The van der Waals surface area contributed by atoms with Crippen molar-refractivity contribution in [1.29, 1.82) is 0 Å². The van der Waals surface area contributed by atoms with Crippen LogP contribution in [0.25, 0.3) is 0 Å². The predicted octanol–water partition coefficient (Wildman–Crippen LogP) is 5.41. The molecule has 0 saturated heterocycles. The van der Waals surface area contributed by atoms with Crippen molar-refractivity contribution in [3.63, 3.8) is 0 Å². The van der Waals surface area contributed by atoms with Gasteiger partial charge in [-0.15, -0.1) is 0 Å².